The molecular weight excluding hydrogens is 185 g/mol. The fourth-order valence-corrected chi connectivity index (χ4v) is 4.02. The first kappa shape index (κ1) is 10.5. The molecule has 2 heteroatoms. The minimum absolute atomic E-state index is 0.835. The molecule has 0 aliphatic carbocycles. The Bertz CT molecular complexity index is 71.7. The molecular formula is C8H20AsN. The van der Waals surface area contributed by atoms with Gasteiger partial charge >= 0.3 is 69.5 Å². The molecule has 0 aromatic heterocycles. The summed E-state index contributed by atoms with van der Waals surface area (Å²) in [7, 11) is 0. The second-order valence-electron chi connectivity index (χ2n) is 2.77. The molecule has 1 atom stereocenters. The standard InChI is InChI=1S/C8H20AsN/c1-4-8(5-2)7-9(10)6-3/h8H,4-7,10H2,1-3H3. The Morgan fingerprint density at radius 3 is 2.00 bits per heavy atom. The maximum atomic E-state index is 5.97. The van der Waals surface area contributed by atoms with Crippen LogP contribution in [0.2, 0.25) is 10.4 Å². The Morgan fingerprint density at radius 1 is 1.20 bits per heavy atom. The Hall–Kier alpha value is 0.518. The Balaban J connectivity index is 3.41. The van der Waals surface area contributed by atoms with Crippen molar-refractivity contribution in [1.82, 2.24) is 0 Å². The first-order chi connectivity index (χ1) is 4.74. The van der Waals surface area contributed by atoms with Crippen LogP contribution in [-0.4, -0.2) is 14.9 Å². The van der Waals surface area contributed by atoms with Crippen molar-refractivity contribution >= 4 is 14.9 Å². The van der Waals surface area contributed by atoms with Crippen molar-refractivity contribution in [2.24, 2.45) is 10.6 Å². The second kappa shape index (κ2) is 6.24. The zero-order valence-electron chi connectivity index (χ0n) is 7.43. The van der Waals surface area contributed by atoms with Crippen LogP contribution in [-0.2, 0) is 0 Å². The van der Waals surface area contributed by atoms with Crippen LogP contribution in [0.3, 0.4) is 0 Å². The van der Waals surface area contributed by atoms with Gasteiger partial charge in [-0.1, -0.05) is 0 Å². The molecule has 0 radical (unpaired) electrons. The van der Waals surface area contributed by atoms with Gasteiger partial charge in [0.05, 0.1) is 0 Å². The van der Waals surface area contributed by atoms with Crippen LogP contribution in [0.25, 0.3) is 0 Å². The van der Waals surface area contributed by atoms with Crippen LogP contribution >= 0.6 is 0 Å². The van der Waals surface area contributed by atoms with Gasteiger partial charge in [-0.05, 0) is 0 Å². The Kier molecular flexibility index (Phi) is 6.57. The first-order valence-corrected chi connectivity index (χ1v) is 7.97. The van der Waals surface area contributed by atoms with Crippen LogP contribution in [0.4, 0.5) is 0 Å². The predicted octanol–water partition coefficient (Wildman–Crippen LogP) is 2.39. The molecule has 0 heterocycles. The first-order valence-electron chi connectivity index (χ1n) is 4.24. The van der Waals surface area contributed by atoms with Gasteiger partial charge < -0.3 is 0 Å². The molecule has 0 aliphatic rings. The number of hydrogen-bond acceptors (Lipinski definition) is 1. The van der Waals surface area contributed by atoms with E-state index < -0.39 is 14.9 Å². The summed E-state index contributed by atoms with van der Waals surface area (Å²) in [6.07, 6.45) is 2.64. The summed E-state index contributed by atoms with van der Waals surface area (Å²) in [5, 5.41) is 2.62. The molecule has 0 saturated carbocycles. The quantitative estimate of drug-likeness (QED) is 0.685. The monoisotopic (exact) mass is 205 g/mol. The summed E-state index contributed by atoms with van der Waals surface area (Å²) in [6, 6.07) is 0. The van der Waals surface area contributed by atoms with Crippen LogP contribution in [0.5, 0.6) is 0 Å². The van der Waals surface area contributed by atoms with Gasteiger partial charge in [0, 0.05) is 0 Å². The van der Waals surface area contributed by atoms with Crippen molar-refractivity contribution < 1.29 is 0 Å². The maximum absolute atomic E-state index is 5.97. The molecule has 0 aliphatic heterocycles. The van der Waals surface area contributed by atoms with Gasteiger partial charge in [0.25, 0.3) is 0 Å². The van der Waals surface area contributed by atoms with Gasteiger partial charge in [0.2, 0.25) is 0 Å². The SMILES string of the molecule is CCC(CC)C[As](N)CC. The summed E-state index contributed by atoms with van der Waals surface area (Å²) in [6.45, 7) is 6.76. The molecule has 62 valence electrons. The molecule has 0 bridgehead atoms. The Labute approximate surface area is 69.9 Å². The van der Waals surface area contributed by atoms with E-state index in [4.69, 9.17) is 4.65 Å². The third-order valence-corrected chi connectivity index (χ3v) is 5.83. The van der Waals surface area contributed by atoms with Gasteiger partial charge in [-0.15, -0.1) is 0 Å². The van der Waals surface area contributed by atoms with Gasteiger partial charge in [0.15, 0.2) is 0 Å². The van der Waals surface area contributed by atoms with Gasteiger partial charge in [-0.2, -0.15) is 0 Å². The molecule has 10 heavy (non-hydrogen) atoms. The van der Waals surface area contributed by atoms with Crippen molar-refractivity contribution in [2.75, 3.05) is 0 Å². The summed E-state index contributed by atoms with van der Waals surface area (Å²) >= 11 is -0.835. The molecule has 0 rings (SSSR count). The molecule has 0 aromatic carbocycles. The average Bonchev–Trinajstić information content (AvgIpc) is 1.99. The van der Waals surface area contributed by atoms with Crippen molar-refractivity contribution in [3.8, 4) is 0 Å². The normalized spacial score (nSPS) is 14.1. The third kappa shape index (κ3) is 4.35. The zero-order valence-corrected chi connectivity index (χ0v) is 9.31. The van der Waals surface area contributed by atoms with Crippen LogP contribution in [0.15, 0.2) is 0 Å². The van der Waals surface area contributed by atoms with Crippen LogP contribution in [0.1, 0.15) is 33.6 Å². The van der Waals surface area contributed by atoms with Gasteiger partial charge in [-0.25, -0.2) is 0 Å². The van der Waals surface area contributed by atoms with E-state index in [1.165, 1.54) is 23.3 Å². The second-order valence-corrected chi connectivity index (χ2v) is 7.33. The van der Waals surface area contributed by atoms with Crippen molar-refractivity contribution in [2.45, 2.75) is 44.0 Å². The van der Waals surface area contributed by atoms with E-state index in [-0.39, 0.29) is 0 Å². The van der Waals surface area contributed by atoms with E-state index in [2.05, 4.69) is 20.8 Å². The molecule has 1 nitrogen and oxygen atoms in total. The van der Waals surface area contributed by atoms with E-state index >= 15 is 0 Å². The predicted molar refractivity (Wildman–Crippen MR) is 49.3 cm³/mol. The third-order valence-electron chi connectivity index (χ3n) is 2.05. The van der Waals surface area contributed by atoms with E-state index in [0.717, 1.165) is 5.92 Å². The van der Waals surface area contributed by atoms with E-state index in [1.54, 1.807) is 0 Å². The van der Waals surface area contributed by atoms with E-state index in [1.807, 2.05) is 0 Å². The zero-order chi connectivity index (χ0) is 7.98. The minimum atomic E-state index is -0.835. The molecule has 2 N–H and O–H groups in total. The van der Waals surface area contributed by atoms with E-state index in [9.17, 15) is 0 Å². The molecule has 0 aromatic rings. The summed E-state index contributed by atoms with van der Waals surface area (Å²) in [5.41, 5.74) is 0. The topological polar surface area (TPSA) is 26.0 Å². The molecule has 0 saturated heterocycles. The van der Waals surface area contributed by atoms with Gasteiger partial charge in [-0.3, -0.25) is 0 Å². The number of rotatable bonds is 5. The average molecular weight is 205 g/mol. The number of nitrogens with two attached hydrogens (primary N) is 1. The van der Waals surface area contributed by atoms with Gasteiger partial charge in [0.1, 0.15) is 0 Å². The molecule has 0 amide bonds. The molecule has 0 fully saturated rings. The van der Waals surface area contributed by atoms with Crippen molar-refractivity contribution in [3.63, 3.8) is 0 Å². The van der Waals surface area contributed by atoms with E-state index in [0.29, 0.717) is 0 Å². The molecule has 0 spiro atoms. The fourth-order valence-electron chi connectivity index (χ4n) is 1.01. The van der Waals surface area contributed by atoms with Crippen LogP contribution < -0.4 is 4.65 Å². The van der Waals surface area contributed by atoms with Crippen molar-refractivity contribution in [1.29, 1.82) is 0 Å². The van der Waals surface area contributed by atoms with Crippen LogP contribution in [0, 0.1) is 5.92 Å². The summed E-state index contributed by atoms with van der Waals surface area (Å²) in [4.78, 5) is 0. The summed E-state index contributed by atoms with van der Waals surface area (Å²) in [5.74, 6) is 0.921. The Morgan fingerprint density at radius 2 is 1.70 bits per heavy atom. The van der Waals surface area contributed by atoms with Crippen molar-refractivity contribution in [3.05, 3.63) is 0 Å². The summed E-state index contributed by atoms with van der Waals surface area (Å²) < 4.78 is 5.97. The molecule has 1 unspecified atom stereocenters. The fraction of sp³-hybridized carbons (Fsp3) is 1.00. The number of hydrogen-bond donors (Lipinski definition) is 1.